The zero-order chi connectivity index (χ0) is 20.9. The molecule has 0 saturated heterocycles. The number of nitrogens with one attached hydrogen (secondary N) is 1. The van der Waals surface area contributed by atoms with Crippen LogP contribution in [0.4, 0.5) is 14.5 Å². The number of thioether (sulfide) groups is 1. The summed E-state index contributed by atoms with van der Waals surface area (Å²) in [6, 6.07) is 11.6. The van der Waals surface area contributed by atoms with Crippen molar-refractivity contribution < 1.29 is 31.2 Å². The molecule has 1 unspecified atom stereocenters. The normalized spacial score (nSPS) is 12.6. The van der Waals surface area contributed by atoms with Crippen molar-refractivity contribution in [1.82, 2.24) is 0 Å². The van der Waals surface area contributed by atoms with Gasteiger partial charge >= 0.3 is 13.8 Å². The van der Waals surface area contributed by atoms with Crippen molar-refractivity contribution in [2.24, 2.45) is 0 Å². The Morgan fingerprint density at radius 1 is 1.13 bits per heavy atom. The van der Waals surface area contributed by atoms with Crippen LogP contribution in [-0.4, -0.2) is 114 Å². The van der Waals surface area contributed by atoms with Crippen molar-refractivity contribution in [3.8, 4) is 5.75 Å². The van der Waals surface area contributed by atoms with E-state index in [1.807, 2.05) is 6.07 Å². The predicted octanol–water partition coefficient (Wildman–Crippen LogP) is 3.90. The third kappa shape index (κ3) is 12.9. The molecule has 6 nitrogen and oxygen atoms in total. The van der Waals surface area contributed by atoms with Gasteiger partial charge in [0.15, 0.2) is 0 Å². The number of anilines is 1. The van der Waals surface area contributed by atoms with Crippen LogP contribution in [0.3, 0.4) is 0 Å². The SMILES string of the molecule is CS(=O)(=O)Nc1cccc(CSCc2ccc(OP(=O)(O)C(F)F)c(Br)c2)c1.[Na].[Na].[Na]. The van der Waals surface area contributed by atoms with E-state index < -0.39 is 23.8 Å². The molecule has 31 heavy (non-hydrogen) atoms. The Morgan fingerprint density at radius 2 is 1.71 bits per heavy atom. The molecular formula is C16H17BrF2NNa3O5PS2. The first-order chi connectivity index (χ1) is 13.0. The second-order valence-electron chi connectivity index (χ2n) is 5.77. The van der Waals surface area contributed by atoms with Crippen LogP contribution in [0.1, 0.15) is 11.1 Å². The van der Waals surface area contributed by atoms with E-state index in [1.165, 1.54) is 6.07 Å². The molecule has 15 heteroatoms. The average Bonchev–Trinajstić information content (AvgIpc) is 2.56. The topological polar surface area (TPSA) is 92.7 Å². The van der Waals surface area contributed by atoms with Crippen LogP contribution in [0, 0.1) is 0 Å². The third-order valence-electron chi connectivity index (χ3n) is 3.24. The van der Waals surface area contributed by atoms with Gasteiger partial charge in [0.2, 0.25) is 10.0 Å². The Bertz CT molecular complexity index is 1000. The van der Waals surface area contributed by atoms with Crippen LogP contribution in [0.25, 0.3) is 0 Å². The number of halogens is 3. The molecule has 3 radical (unpaired) electrons. The molecule has 2 rings (SSSR count). The fraction of sp³-hybridized carbons (Fsp3) is 0.250. The second kappa shape index (κ2) is 15.8. The van der Waals surface area contributed by atoms with Gasteiger partial charge in [-0.1, -0.05) is 18.2 Å². The molecular weight excluding hydrogens is 568 g/mol. The molecule has 0 aliphatic carbocycles. The van der Waals surface area contributed by atoms with Gasteiger partial charge in [-0.2, -0.15) is 20.5 Å². The summed E-state index contributed by atoms with van der Waals surface area (Å²) in [6.45, 7) is 0. The molecule has 0 bridgehead atoms. The molecule has 0 heterocycles. The summed E-state index contributed by atoms with van der Waals surface area (Å²) < 4.78 is 66.0. The van der Waals surface area contributed by atoms with Crippen LogP contribution < -0.4 is 9.25 Å². The summed E-state index contributed by atoms with van der Waals surface area (Å²) in [5.74, 6) is 1.06. The van der Waals surface area contributed by atoms with Crippen LogP contribution in [-0.2, 0) is 26.1 Å². The fourth-order valence-electron chi connectivity index (χ4n) is 2.11. The van der Waals surface area contributed by atoms with Gasteiger partial charge in [-0.3, -0.25) is 4.72 Å². The van der Waals surface area contributed by atoms with E-state index >= 15 is 0 Å². The fourth-order valence-corrected chi connectivity index (χ4v) is 4.75. The summed E-state index contributed by atoms with van der Waals surface area (Å²) in [4.78, 5) is 9.11. The van der Waals surface area contributed by atoms with E-state index in [9.17, 15) is 21.8 Å². The predicted molar refractivity (Wildman–Crippen MR) is 128 cm³/mol. The van der Waals surface area contributed by atoms with Crippen LogP contribution >= 0.6 is 35.3 Å². The number of benzene rings is 2. The molecule has 2 N–H and O–H groups in total. The third-order valence-corrected chi connectivity index (χ3v) is 6.49. The molecule has 0 fully saturated rings. The Hall–Kier alpha value is 1.87. The molecule has 157 valence electrons. The number of hydrogen-bond donors (Lipinski definition) is 2. The van der Waals surface area contributed by atoms with Crippen molar-refractivity contribution in [3.05, 3.63) is 58.1 Å². The summed E-state index contributed by atoms with van der Waals surface area (Å²) in [6.07, 6.45) is -2.40. The monoisotopic (exact) mass is 584 g/mol. The Labute approximate surface area is 259 Å². The number of rotatable bonds is 9. The van der Waals surface area contributed by atoms with Crippen molar-refractivity contribution >= 4 is 140 Å². The largest absolute Gasteiger partial charge is 0.442 e. The van der Waals surface area contributed by atoms with Gasteiger partial charge in [-0.15, -0.1) is 0 Å². The van der Waals surface area contributed by atoms with Crippen molar-refractivity contribution in [2.75, 3.05) is 11.0 Å². The number of hydrogen-bond acceptors (Lipinski definition) is 5. The van der Waals surface area contributed by atoms with Gasteiger partial charge in [-0.05, 0) is 51.3 Å². The molecule has 1 atom stereocenters. The minimum atomic E-state index is -5.03. The molecule has 0 aromatic heterocycles. The van der Waals surface area contributed by atoms with Gasteiger partial charge in [0, 0.05) is 106 Å². The minimum absolute atomic E-state index is 0. The molecule has 0 aliphatic heterocycles. The van der Waals surface area contributed by atoms with E-state index in [1.54, 1.807) is 42.1 Å². The van der Waals surface area contributed by atoms with E-state index in [-0.39, 0.29) is 94.4 Å². The van der Waals surface area contributed by atoms with Crippen LogP contribution in [0.15, 0.2) is 46.9 Å². The van der Waals surface area contributed by atoms with Gasteiger partial charge in [0.05, 0.1) is 10.7 Å². The zero-order valence-electron chi connectivity index (χ0n) is 17.5. The summed E-state index contributed by atoms with van der Waals surface area (Å²) >= 11 is 4.70. The maximum Gasteiger partial charge on any atom is 0.442 e. The van der Waals surface area contributed by atoms with Crippen molar-refractivity contribution in [1.29, 1.82) is 0 Å². The summed E-state index contributed by atoms with van der Waals surface area (Å²) in [5.41, 5.74) is 2.26. The van der Waals surface area contributed by atoms with E-state index in [0.29, 0.717) is 21.7 Å². The molecule has 2 aromatic rings. The molecule has 0 amide bonds. The van der Waals surface area contributed by atoms with E-state index in [2.05, 4.69) is 25.2 Å². The summed E-state index contributed by atoms with van der Waals surface area (Å²) in [5, 5.41) is 0. The first kappa shape index (κ1) is 35.0. The molecule has 2 aromatic carbocycles. The summed E-state index contributed by atoms with van der Waals surface area (Å²) in [7, 11) is -8.37. The molecule has 0 spiro atoms. The number of sulfonamides is 1. The Balaban J connectivity index is 0. The van der Waals surface area contributed by atoms with Gasteiger partial charge in [0.25, 0.3) is 0 Å². The second-order valence-corrected chi connectivity index (χ2v) is 11.1. The average molecular weight is 585 g/mol. The van der Waals surface area contributed by atoms with Crippen LogP contribution in [0.2, 0.25) is 0 Å². The van der Waals surface area contributed by atoms with Crippen molar-refractivity contribution in [2.45, 2.75) is 17.7 Å². The minimum Gasteiger partial charge on any atom is -0.420 e. The molecule has 0 aliphatic rings. The standard InChI is InChI=1S/C16H17BrF2NO5PS2.3Na/c1-28(23,24)20-13-4-2-3-11(7-13)9-27-10-12-5-6-15(14(17)8-12)25-26(21,22)16(18)19;;;/h2-8,16,20H,9-10H2,1H3,(H,21,22);;;. The molecule has 0 saturated carbocycles. The van der Waals surface area contributed by atoms with Gasteiger partial charge < -0.3 is 9.42 Å². The van der Waals surface area contributed by atoms with Gasteiger partial charge in [-0.25, -0.2) is 13.0 Å². The van der Waals surface area contributed by atoms with E-state index in [0.717, 1.165) is 17.4 Å². The number of alkyl halides is 2. The zero-order valence-corrected chi connectivity index (χ0v) is 27.6. The Kier molecular flexibility index (Phi) is 17.8. The van der Waals surface area contributed by atoms with E-state index in [4.69, 9.17) is 4.89 Å². The first-order valence-corrected chi connectivity index (χ1v) is 13.2. The maximum atomic E-state index is 12.5. The van der Waals surface area contributed by atoms with Gasteiger partial charge in [0.1, 0.15) is 5.75 Å². The quantitative estimate of drug-likeness (QED) is 0.343. The smallest absolute Gasteiger partial charge is 0.420 e. The Morgan fingerprint density at radius 3 is 2.23 bits per heavy atom. The van der Waals surface area contributed by atoms with Crippen LogP contribution in [0.5, 0.6) is 5.75 Å². The van der Waals surface area contributed by atoms with Crippen molar-refractivity contribution in [3.63, 3.8) is 0 Å². The maximum absolute atomic E-state index is 12.5. The first-order valence-electron chi connectivity index (χ1n) is 7.69.